The highest BCUT2D eigenvalue weighted by Gasteiger charge is 2.32. The molecule has 1 saturated carbocycles. The SMILES string of the molecule is CCCC(C)C(=O)NC(=O)NC1CCC(C)C(c2cc3cnc(C)cc3n(C)c2=O)C1. The lowest BCUT2D eigenvalue weighted by atomic mass is 9.74. The predicted octanol–water partition coefficient (Wildman–Crippen LogP) is 3.78. The Bertz CT molecular complexity index is 1030. The van der Waals surface area contributed by atoms with Crippen molar-refractivity contribution in [1.82, 2.24) is 20.2 Å². The maximum atomic E-state index is 13.1. The third-order valence-corrected chi connectivity index (χ3v) is 6.61. The second-order valence-corrected chi connectivity index (χ2v) is 9.09. The van der Waals surface area contributed by atoms with Gasteiger partial charge in [0, 0.05) is 41.8 Å². The lowest BCUT2D eigenvalue weighted by molar-refractivity contribution is -0.123. The molecule has 1 aliphatic carbocycles. The number of hydrogen-bond acceptors (Lipinski definition) is 4. The fourth-order valence-corrected chi connectivity index (χ4v) is 4.66. The number of pyridine rings is 2. The van der Waals surface area contributed by atoms with Gasteiger partial charge in [-0.15, -0.1) is 0 Å². The van der Waals surface area contributed by atoms with E-state index in [9.17, 15) is 14.4 Å². The molecule has 2 N–H and O–H groups in total. The molecule has 3 amide bonds. The van der Waals surface area contributed by atoms with Crippen molar-refractivity contribution in [2.75, 3.05) is 0 Å². The fourth-order valence-electron chi connectivity index (χ4n) is 4.66. The lowest BCUT2D eigenvalue weighted by Crippen LogP contribution is -2.48. The van der Waals surface area contributed by atoms with E-state index in [1.54, 1.807) is 11.6 Å². The summed E-state index contributed by atoms with van der Waals surface area (Å²) in [6.07, 6.45) is 5.87. The summed E-state index contributed by atoms with van der Waals surface area (Å²) in [6.45, 7) is 7.92. The Labute approximate surface area is 183 Å². The number of hydrogen-bond donors (Lipinski definition) is 2. The molecule has 3 rings (SSSR count). The number of carbonyl (C=O) groups excluding carboxylic acids is 2. The normalized spacial score (nSPS) is 22.2. The molecule has 0 aromatic carbocycles. The molecule has 0 aliphatic heterocycles. The first-order chi connectivity index (χ1) is 14.7. The molecule has 7 nitrogen and oxygen atoms in total. The van der Waals surface area contributed by atoms with Crippen LogP contribution in [0.5, 0.6) is 0 Å². The highest BCUT2D eigenvalue weighted by molar-refractivity contribution is 5.95. The molecule has 168 valence electrons. The summed E-state index contributed by atoms with van der Waals surface area (Å²) in [6, 6.07) is 3.36. The standard InChI is InChI=1S/C24H34N4O3/c1-6-7-15(3)22(29)27-24(31)26-18-9-8-14(2)19(12-18)20-11-17-13-25-16(4)10-21(17)28(5)23(20)30/h10-11,13-15,18-19H,6-9,12H2,1-5H3,(H2,26,27,29,31). The van der Waals surface area contributed by atoms with Gasteiger partial charge in [-0.1, -0.05) is 27.2 Å². The van der Waals surface area contributed by atoms with E-state index in [0.717, 1.165) is 47.8 Å². The van der Waals surface area contributed by atoms with Crippen molar-refractivity contribution in [2.45, 2.75) is 71.8 Å². The van der Waals surface area contributed by atoms with Crippen molar-refractivity contribution >= 4 is 22.8 Å². The van der Waals surface area contributed by atoms with Gasteiger partial charge in [0.2, 0.25) is 5.91 Å². The zero-order chi connectivity index (χ0) is 22.7. The Morgan fingerprint density at radius 1 is 1.29 bits per heavy atom. The third-order valence-electron chi connectivity index (χ3n) is 6.61. The van der Waals surface area contributed by atoms with Crippen LogP contribution < -0.4 is 16.2 Å². The minimum absolute atomic E-state index is 0.00335. The number of imide groups is 1. The Balaban J connectivity index is 1.76. The van der Waals surface area contributed by atoms with Crippen LogP contribution in [0.4, 0.5) is 4.79 Å². The molecule has 2 heterocycles. The first-order valence-electron chi connectivity index (χ1n) is 11.3. The Kier molecular flexibility index (Phi) is 7.13. The number of nitrogens with zero attached hydrogens (tertiary/aromatic N) is 2. The van der Waals surface area contributed by atoms with Gasteiger partial charge in [0.05, 0.1) is 5.52 Å². The number of amides is 3. The summed E-state index contributed by atoms with van der Waals surface area (Å²) in [5, 5.41) is 6.36. The quantitative estimate of drug-likeness (QED) is 0.761. The molecule has 1 aliphatic rings. The maximum absolute atomic E-state index is 13.1. The van der Waals surface area contributed by atoms with Crippen LogP contribution in [0, 0.1) is 18.8 Å². The van der Waals surface area contributed by atoms with Crippen LogP contribution in [0.25, 0.3) is 10.9 Å². The van der Waals surface area contributed by atoms with Gasteiger partial charge in [-0.25, -0.2) is 4.79 Å². The topological polar surface area (TPSA) is 93.1 Å². The first kappa shape index (κ1) is 23.0. The average Bonchev–Trinajstić information content (AvgIpc) is 2.72. The molecule has 7 heteroatoms. The van der Waals surface area contributed by atoms with E-state index in [1.165, 1.54) is 0 Å². The van der Waals surface area contributed by atoms with E-state index < -0.39 is 6.03 Å². The molecule has 0 bridgehead atoms. The summed E-state index contributed by atoms with van der Waals surface area (Å²) in [5.74, 6) is -0.0620. The van der Waals surface area contributed by atoms with Crippen molar-refractivity contribution < 1.29 is 9.59 Å². The van der Waals surface area contributed by atoms with Crippen molar-refractivity contribution in [3.05, 3.63) is 39.9 Å². The summed E-state index contributed by atoms with van der Waals surface area (Å²) < 4.78 is 1.70. The van der Waals surface area contributed by atoms with E-state index in [0.29, 0.717) is 12.3 Å². The molecule has 2 aromatic heterocycles. The summed E-state index contributed by atoms with van der Waals surface area (Å²) in [5.41, 5.74) is 2.52. The molecule has 0 spiro atoms. The van der Waals surface area contributed by atoms with Crippen molar-refractivity contribution in [3.8, 4) is 0 Å². The number of urea groups is 1. The van der Waals surface area contributed by atoms with Crippen LogP contribution in [0.1, 0.15) is 70.1 Å². The predicted molar refractivity (Wildman–Crippen MR) is 122 cm³/mol. The van der Waals surface area contributed by atoms with Crippen LogP contribution in [0.3, 0.4) is 0 Å². The largest absolute Gasteiger partial charge is 0.335 e. The van der Waals surface area contributed by atoms with Gasteiger partial charge in [0.25, 0.3) is 5.56 Å². The Morgan fingerprint density at radius 2 is 2.03 bits per heavy atom. The Hall–Kier alpha value is -2.70. The molecule has 0 saturated heterocycles. The Morgan fingerprint density at radius 3 is 2.74 bits per heavy atom. The summed E-state index contributed by atoms with van der Waals surface area (Å²) in [7, 11) is 1.80. The average molecular weight is 427 g/mol. The molecule has 4 atom stereocenters. The highest BCUT2D eigenvalue weighted by atomic mass is 16.2. The van der Waals surface area contributed by atoms with Crippen LogP contribution >= 0.6 is 0 Å². The minimum atomic E-state index is -0.447. The van der Waals surface area contributed by atoms with Crippen molar-refractivity contribution in [1.29, 1.82) is 0 Å². The molecular formula is C24H34N4O3. The van der Waals surface area contributed by atoms with Crippen molar-refractivity contribution in [2.24, 2.45) is 18.9 Å². The summed E-state index contributed by atoms with van der Waals surface area (Å²) >= 11 is 0. The minimum Gasteiger partial charge on any atom is -0.335 e. The van der Waals surface area contributed by atoms with Crippen LogP contribution in [0.15, 0.2) is 23.1 Å². The van der Waals surface area contributed by atoms with Gasteiger partial charge in [0.15, 0.2) is 0 Å². The summed E-state index contributed by atoms with van der Waals surface area (Å²) in [4.78, 5) is 42.0. The van der Waals surface area contributed by atoms with Gasteiger partial charge in [-0.2, -0.15) is 0 Å². The molecule has 0 radical (unpaired) electrons. The zero-order valence-electron chi connectivity index (χ0n) is 19.2. The van der Waals surface area contributed by atoms with Gasteiger partial charge in [-0.05, 0) is 56.6 Å². The molecule has 31 heavy (non-hydrogen) atoms. The third kappa shape index (κ3) is 5.14. The molecule has 4 unspecified atom stereocenters. The van der Waals surface area contributed by atoms with E-state index in [2.05, 4.69) is 22.5 Å². The molecular weight excluding hydrogens is 392 g/mol. The van der Waals surface area contributed by atoms with E-state index in [4.69, 9.17) is 0 Å². The molecule has 2 aromatic rings. The second-order valence-electron chi connectivity index (χ2n) is 9.09. The first-order valence-corrected chi connectivity index (χ1v) is 11.3. The smallest absolute Gasteiger partial charge is 0.321 e. The van der Waals surface area contributed by atoms with E-state index in [-0.39, 0.29) is 29.3 Å². The van der Waals surface area contributed by atoms with Gasteiger partial charge in [0.1, 0.15) is 0 Å². The number of rotatable bonds is 5. The fraction of sp³-hybridized carbons (Fsp3) is 0.583. The van der Waals surface area contributed by atoms with Crippen molar-refractivity contribution in [3.63, 3.8) is 0 Å². The van der Waals surface area contributed by atoms with Gasteiger partial charge < -0.3 is 9.88 Å². The van der Waals surface area contributed by atoms with E-state index in [1.807, 2.05) is 39.1 Å². The number of nitrogens with one attached hydrogen (secondary N) is 2. The van der Waals surface area contributed by atoms with Gasteiger partial charge >= 0.3 is 6.03 Å². The second kappa shape index (κ2) is 9.62. The number of aromatic nitrogens is 2. The highest BCUT2D eigenvalue weighted by Crippen LogP contribution is 2.37. The van der Waals surface area contributed by atoms with Crippen LogP contribution in [-0.4, -0.2) is 27.5 Å². The number of carbonyl (C=O) groups is 2. The number of aryl methyl sites for hydroxylation is 2. The van der Waals surface area contributed by atoms with Crippen LogP contribution in [-0.2, 0) is 11.8 Å². The zero-order valence-corrected chi connectivity index (χ0v) is 19.2. The maximum Gasteiger partial charge on any atom is 0.321 e. The van der Waals surface area contributed by atoms with E-state index >= 15 is 0 Å². The monoisotopic (exact) mass is 426 g/mol. The molecule has 1 fully saturated rings. The lowest BCUT2D eigenvalue weighted by Gasteiger charge is -2.35. The van der Waals surface area contributed by atoms with Crippen LogP contribution in [0.2, 0.25) is 0 Å². The van der Waals surface area contributed by atoms with Gasteiger partial charge in [-0.3, -0.25) is 19.9 Å². The number of fused-ring (bicyclic) bond motifs is 1.